The van der Waals surface area contributed by atoms with Crippen molar-refractivity contribution in [3.05, 3.63) is 23.9 Å². The van der Waals surface area contributed by atoms with Crippen molar-refractivity contribution in [2.45, 2.75) is 38.8 Å². The van der Waals surface area contributed by atoms with E-state index in [0.29, 0.717) is 6.04 Å². The van der Waals surface area contributed by atoms with Crippen LogP contribution in [0.5, 0.6) is 0 Å². The molecule has 2 unspecified atom stereocenters. The molecular formula is C16H24N4O. The average Bonchev–Trinajstić information content (AvgIpc) is 2.89. The monoisotopic (exact) mass is 288 g/mol. The van der Waals surface area contributed by atoms with Crippen LogP contribution in [0.4, 0.5) is 5.82 Å². The highest BCUT2D eigenvalue weighted by Crippen LogP contribution is 2.28. The molecule has 2 N–H and O–H groups in total. The van der Waals surface area contributed by atoms with Crippen LogP contribution in [0.3, 0.4) is 0 Å². The number of amides is 1. The number of carbonyl (C=O) groups is 1. The molecule has 1 amide bonds. The number of pyridine rings is 1. The Morgan fingerprint density at radius 2 is 2.38 bits per heavy atom. The molecule has 0 radical (unpaired) electrons. The third-order valence-electron chi connectivity index (χ3n) is 4.48. The van der Waals surface area contributed by atoms with E-state index in [1.54, 1.807) is 0 Å². The van der Waals surface area contributed by atoms with Crippen LogP contribution in [-0.2, 0) is 11.3 Å². The van der Waals surface area contributed by atoms with Gasteiger partial charge in [0, 0.05) is 31.9 Å². The van der Waals surface area contributed by atoms with E-state index < -0.39 is 0 Å². The quantitative estimate of drug-likeness (QED) is 0.864. The summed E-state index contributed by atoms with van der Waals surface area (Å²) < 4.78 is 0. The van der Waals surface area contributed by atoms with Crippen molar-refractivity contribution in [2.24, 2.45) is 5.92 Å². The fourth-order valence-corrected chi connectivity index (χ4v) is 3.35. The molecule has 114 valence electrons. The summed E-state index contributed by atoms with van der Waals surface area (Å²) >= 11 is 0. The van der Waals surface area contributed by atoms with E-state index in [9.17, 15) is 4.79 Å². The molecule has 3 rings (SSSR count). The van der Waals surface area contributed by atoms with Crippen molar-refractivity contribution in [2.75, 3.05) is 25.0 Å². The molecule has 2 atom stereocenters. The van der Waals surface area contributed by atoms with Crippen LogP contribution in [0.15, 0.2) is 18.3 Å². The van der Waals surface area contributed by atoms with Crippen LogP contribution >= 0.6 is 0 Å². The molecule has 5 nitrogen and oxygen atoms in total. The molecule has 1 aromatic rings. The lowest BCUT2D eigenvalue weighted by atomic mass is 9.91. The first-order chi connectivity index (χ1) is 10.3. The van der Waals surface area contributed by atoms with Gasteiger partial charge in [0.1, 0.15) is 5.82 Å². The summed E-state index contributed by atoms with van der Waals surface area (Å²) in [5.74, 6) is 1.37. The number of hydrogen-bond donors (Lipinski definition) is 2. The molecule has 1 aromatic heterocycles. The summed E-state index contributed by atoms with van der Waals surface area (Å²) in [6, 6.07) is 4.55. The van der Waals surface area contributed by atoms with Crippen molar-refractivity contribution in [1.29, 1.82) is 0 Å². The van der Waals surface area contributed by atoms with Gasteiger partial charge in [0.25, 0.3) is 0 Å². The van der Waals surface area contributed by atoms with E-state index >= 15 is 0 Å². The smallest absolute Gasteiger partial charge is 0.224 e. The van der Waals surface area contributed by atoms with E-state index in [0.717, 1.165) is 51.3 Å². The molecule has 0 spiro atoms. The zero-order valence-electron chi connectivity index (χ0n) is 12.6. The van der Waals surface area contributed by atoms with Gasteiger partial charge in [0.2, 0.25) is 5.91 Å². The van der Waals surface area contributed by atoms with Crippen molar-refractivity contribution in [3.8, 4) is 0 Å². The van der Waals surface area contributed by atoms with Gasteiger partial charge in [-0.3, -0.25) is 9.69 Å². The Hall–Kier alpha value is -1.62. The van der Waals surface area contributed by atoms with Crippen LogP contribution in [0.1, 0.15) is 31.7 Å². The van der Waals surface area contributed by atoms with E-state index in [2.05, 4.69) is 33.5 Å². The molecule has 5 heteroatoms. The topological polar surface area (TPSA) is 57.3 Å². The maximum absolute atomic E-state index is 11.8. The van der Waals surface area contributed by atoms with Crippen LogP contribution < -0.4 is 10.6 Å². The SMILES string of the molecule is CCCNc1ccc(CN2CCCC3C(=O)NCC32)cn1. The largest absolute Gasteiger partial charge is 0.370 e. The van der Waals surface area contributed by atoms with Gasteiger partial charge in [-0.05, 0) is 37.4 Å². The summed E-state index contributed by atoms with van der Waals surface area (Å²) in [6.45, 7) is 5.86. The normalized spacial score (nSPS) is 25.5. The second-order valence-electron chi connectivity index (χ2n) is 6.01. The molecule has 2 aliphatic heterocycles. The number of rotatable bonds is 5. The van der Waals surface area contributed by atoms with Crippen LogP contribution in [-0.4, -0.2) is 41.5 Å². The van der Waals surface area contributed by atoms with Gasteiger partial charge in [-0.15, -0.1) is 0 Å². The molecule has 2 fully saturated rings. The Balaban J connectivity index is 1.62. The second kappa shape index (κ2) is 6.43. The lowest BCUT2D eigenvalue weighted by Crippen LogP contribution is -2.44. The van der Waals surface area contributed by atoms with Crippen LogP contribution in [0, 0.1) is 5.92 Å². The van der Waals surface area contributed by atoms with Crippen molar-refractivity contribution in [3.63, 3.8) is 0 Å². The number of nitrogens with zero attached hydrogens (tertiary/aromatic N) is 2. The molecular weight excluding hydrogens is 264 g/mol. The van der Waals surface area contributed by atoms with Crippen molar-refractivity contribution < 1.29 is 4.79 Å². The van der Waals surface area contributed by atoms with E-state index in [1.807, 2.05) is 12.3 Å². The van der Waals surface area contributed by atoms with Gasteiger partial charge >= 0.3 is 0 Å². The first kappa shape index (κ1) is 14.3. The molecule has 0 bridgehead atoms. The number of fused-ring (bicyclic) bond motifs is 1. The standard InChI is InChI=1S/C16H24N4O/c1-2-7-17-15-6-5-12(9-18-15)11-20-8-3-4-13-14(20)10-19-16(13)21/h5-6,9,13-14H,2-4,7-8,10-11H2,1H3,(H,17,18)(H,19,21). The highest BCUT2D eigenvalue weighted by atomic mass is 16.2. The van der Waals surface area contributed by atoms with Crippen LogP contribution in [0.2, 0.25) is 0 Å². The predicted molar refractivity (Wildman–Crippen MR) is 82.9 cm³/mol. The lowest BCUT2D eigenvalue weighted by Gasteiger charge is -2.35. The molecule has 21 heavy (non-hydrogen) atoms. The fraction of sp³-hybridized carbons (Fsp3) is 0.625. The zero-order chi connectivity index (χ0) is 14.7. The molecule has 0 aromatic carbocycles. The number of hydrogen-bond acceptors (Lipinski definition) is 4. The summed E-state index contributed by atoms with van der Waals surface area (Å²) in [7, 11) is 0. The van der Waals surface area contributed by atoms with E-state index in [1.165, 1.54) is 5.56 Å². The van der Waals surface area contributed by atoms with Crippen molar-refractivity contribution in [1.82, 2.24) is 15.2 Å². The predicted octanol–water partition coefficient (Wildman–Crippen LogP) is 1.61. The highest BCUT2D eigenvalue weighted by molar-refractivity contribution is 5.82. The number of anilines is 1. The third kappa shape index (κ3) is 3.18. The number of piperidine rings is 1. The molecule has 2 saturated heterocycles. The van der Waals surface area contributed by atoms with Gasteiger partial charge in [0.05, 0.1) is 5.92 Å². The lowest BCUT2D eigenvalue weighted by molar-refractivity contribution is -0.124. The molecule has 0 aliphatic carbocycles. The fourth-order valence-electron chi connectivity index (χ4n) is 3.35. The Labute approximate surface area is 126 Å². The Morgan fingerprint density at radius 3 is 3.14 bits per heavy atom. The minimum absolute atomic E-state index is 0.192. The van der Waals surface area contributed by atoms with E-state index in [4.69, 9.17) is 0 Å². The van der Waals surface area contributed by atoms with Gasteiger partial charge in [-0.1, -0.05) is 13.0 Å². The Morgan fingerprint density at radius 1 is 1.48 bits per heavy atom. The summed E-state index contributed by atoms with van der Waals surface area (Å²) in [5, 5.41) is 6.29. The number of likely N-dealkylation sites (tertiary alicyclic amines) is 1. The first-order valence-electron chi connectivity index (χ1n) is 7.98. The minimum Gasteiger partial charge on any atom is -0.370 e. The van der Waals surface area contributed by atoms with Crippen LogP contribution in [0.25, 0.3) is 0 Å². The van der Waals surface area contributed by atoms with Gasteiger partial charge in [0.15, 0.2) is 0 Å². The van der Waals surface area contributed by atoms with E-state index in [-0.39, 0.29) is 11.8 Å². The molecule has 3 heterocycles. The maximum Gasteiger partial charge on any atom is 0.224 e. The van der Waals surface area contributed by atoms with Crippen molar-refractivity contribution >= 4 is 11.7 Å². The third-order valence-corrected chi connectivity index (χ3v) is 4.48. The Kier molecular flexibility index (Phi) is 4.39. The number of nitrogens with one attached hydrogen (secondary N) is 2. The zero-order valence-corrected chi connectivity index (χ0v) is 12.6. The first-order valence-corrected chi connectivity index (χ1v) is 7.98. The van der Waals surface area contributed by atoms with Gasteiger partial charge in [-0.25, -0.2) is 4.98 Å². The summed E-state index contributed by atoms with van der Waals surface area (Å²) in [4.78, 5) is 18.7. The maximum atomic E-state index is 11.8. The molecule has 2 aliphatic rings. The second-order valence-corrected chi connectivity index (χ2v) is 6.01. The minimum atomic E-state index is 0.192. The Bertz CT molecular complexity index is 488. The average molecular weight is 288 g/mol. The molecule has 0 saturated carbocycles. The van der Waals surface area contributed by atoms with Gasteiger partial charge < -0.3 is 10.6 Å². The van der Waals surface area contributed by atoms with Gasteiger partial charge in [-0.2, -0.15) is 0 Å². The number of carbonyl (C=O) groups excluding carboxylic acids is 1. The number of aromatic nitrogens is 1. The highest BCUT2D eigenvalue weighted by Gasteiger charge is 2.40. The summed E-state index contributed by atoms with van der Waals surface area (Å²) in [6.07, 6.45) is 5.19. The summed E-state index contributed by atoms with van der Waals surface area (Å²) in [5.41, 5.74) is 1.22.